The first-order valence-electron chi connectivity index (χ1n) is 5.27. The lowest BCUT2D eigenvalue weighted by Crippen LogP contribution is -2.09. The highest BCUT2D eigenvalue weighted by atomic mass is 32.1. The van der Waals surface area contributed by atoms with Gasteiger partial charge in [-0.05, 0) is 19.1 Å². The van der Waals surface area contributed by atoms with Crippen LogP contribution in [0.25, 0.3) is 21.5 Å². The third kappa shape index (κ3) is 1.70. The van der Waals surface area contributed by atoms with Crippen LogP contribution in [-0.2, 0) is 0 Å². The number of thiazole rings is 1. The molecule has 0 unspecified atom stereocenters. The summed E-state index contributed by atoms with van der Waals surface area (Å²) >= 11 is 1.38. The number of halogens is 1. The van der Waals surface area contributed by atoms with E-state index in [9.17, 15) is 9.18 Å². The third-order valence-corrected chi connectivity index (χ3v) is 3.51. The first-order valence-corrected chi connectivity index (χ1v) is 6.08. The van der Waals surface area contributed by atoms with E-state index in [0.29, 0.717) is 21.5 Å². The van der Waals surface area contributed by atoms with Gasteiger partial charge in [0, 0.05) is 5.56 Å². The molecule has 0 amide bonds. The molecule has 0 bridgehead atoms. The predicted molar refractivity (Wildman–Crippen MR) is 68.2 cm³/mol. The van der Waals surface area contributed by atoms with E-state index in [1.807, 2.05) is 6.92 Å². The Balaban J connectivity index is 2.36. The summed E-state index contributed by atoms with van der Waals surface area (Å²) in [4.78, 5) is 15.8. The highest BCUT2D eigenvalue weighted by Crippen LogP contribution is 2.28. The summed E-state index contributed by atoms with van der Waals surface area (Å²) in [6.45, 7) is 1.82. The average Bonchev–Trinajstić information content (AvgIpc) is 2.72. The SMILES string of the molecule is Cc1nc2c(=O)[nH]nc(-c3cccc(F)c3)c2s1. The minimum atomic E-state index is -0.338. The van der Waals surface area contributed by atoms with Crippen LogP contribution in [0.15, 0.2) is 29.1 Å². The van der Waals surface area contributed by atoms with Crippen molar-refractivity contribution in [1.82, 2.24) is 15.2 Å². The average molecular weight is 261 g/mol. The fourth-order valence-electron chi connectivity index (χ4n) is 1.78. The molecule has 0 atom stereocenters. The number of fused-ring (bicyclic) bond motifs is 1. The Labute approximate surface area is 105 Å². The van der Waals surface area contributed by atoms with Crippen molar-refractivity contribution in [3.05, 3.63) is 45.4 Å². The van der Waals surface area contributed by atoms with Gasteiger partial charge in [0.1, 0.15) is 11.5 Å². The van der Waals surface area contributed by atoms with E-state index in [-0.39, 0.29) is 11.4 Å². The maximum Gasteiger partial charge on any atom is 0.291 e. The zero-order valence-electron chi connectivity index (χ0n) is 9.40. The van der Waals surface area contributed by atoms with Gasteiger partial charge < -0.3 is 0 Å². The standard InChI is InChI=1S/C12H8FN3OS/c1-6-14-10-11(18-6)9(15-16-12(10)17)7-3-2-4-8(13)5-7/h2-5H,1H3,(H,16,17). The second kappa shape index (κ2) is 3.99. The molecule has 6 heteroatoms. The molecule has 3 aromatic rings. The van der Waals surface area contributed by atoms with Gasteiger partial charge in [0.25, 0.3) is 5.56 Å². The van der Waals surface area contributed by atoms with E-state index in [0.717, 1.165) is 5.01 Å². The summed E-state index contributed by atoms with van der Waals surface area (Å²) in [5.74, 6) is -0.338. The van der Waals surface area contributed by atoms with E-state index in [4.69, 9.17) is 0 Å². The van der Waals surface area contributed by atoms with Gasteiger partial charge in [-0.15, -0.1) is 11.3 Å². The molecule has 0 aliphatic heterocycles. The number of aromatic amines is 1. The van der Waals surface area contributed by atoms with Gasteiger partial charge in [-0.25, -0.2) is 14.5 Å². The zero-order chi connectivity index (χ0) is 12.7. The van der Waals surface area contributed by atoms with Crippen molar-refractivity contribution in [3.63, 3.8) is 0 Å². The summed E-state index contributed by atoms with van der Waals surface area (Å²) in [5, 5.41) is 7.17. The van der Waals surface area contributed by atoms with Crippen molar-refractivity contribution in [2.24, 2.45) is 0 Å². The van der Waals surface area contributed by atoms with Crippen LogP contribution in [0.4, 0.5) is 4.39 Å². The molecule has 2 heterocycles. The highest BCUT2D eigenvalue weighted by molar-refractivity contribution is 7.19. The Morgan fingerprint density at radius 2 is 2.22 bits per heavy atom. The van der Waals surface area contributed by atoms with Crippen LogP contribution in [0.2, 0.25) is 0 Å². The molecule has 3 rings (SSSR count). The lowest BCUT2D eigenvalue weighted by Gasteiger charge is -2.00. The van der Waals surface area contributed by atoms with Gasteiger partial charge in [0.15, 0.2) is 5.52 Å². The minimum Gasteiger partial charge on any atom is -0.265 e. The van der Waals surface area contributed by atoms with Crippen molar-refractivity contribution in [2.45, 2.75) is 6.92 Å². The van der Waals surface area contributed by atoms with Crippen molar-refractivity contribution in [2.75, 3.05) is 0 Å². The van der Waals surface area contributed by atoms with Crippen LogP contribution in [-0.4, -0.2) is 15.2 Å². The first-order chi connectivity index (χ1) is 8.65. The quantitative estimate of drug-likeness (QED) is 0.732. The lowest BCUT2D eigenvalue weighted by atomic mass is 10.1. The number of rotatable bonds is 1. The molecule has 4 nitrogen and oxygen atoms in total. The molecule has 90 valence electrons. The van der Waals surface area contributed by atoms with Gasteiger partial charge in [0.05, 0.1) is 9.71 Å². The normalized spacial score (nSPS) is 11.0. The molecular formula is C12H8FN3OS. The molecule has 0 fully saturated rings. The fourth-order valence-corrected chi connectivity index (χ4v) is 2.71. The van der Waals surface area contributed by atoms with Gasteiger partial charge in [-0.1, -0.05) is 12.1 Å². The molecule has 0 aliphatic carbocycles. The molecule has 0 saturated heterocycles. The summed E-state index contributed by atoms with van der Waals surface area (Å²) in [5.41, 5.74) is 1.20. The Bertz CT molecular complexity index is 793. The first kappa shape index (κ1) is 11.0. The molecule has 2 aromatic heterocycles. The number of aryl methyl sites for hydroxylation is 1. The van der Waals surface area contributed by atoms with E-state index in [1.54, 1.807) is 12.1 Å². The Morgan fingerprint density at radius 3 is 3.00 bits per heavy atom. The lowest BCUT2D eigenvalue weighted by molar-refractivity contribution is 0.628. The second-order valence-electron chi connectivity index (χ2n) is 3.82. The number of nitrogens with zero attached hydrogens (tertiary/aromatic N) is 2. The summed E-state index contributed by atoms with van der Waals surface area (Å²) < 4.78 is 13.9. The molecule has 0 saturated carbocycles. The number of hydrogen-bond acceptors (Lipinski definition) is 4. The van der Waals surface area contributed by atoms with Gasteiger partial charge >= 0.3 is 0 Å². The number of nitrogens with one attached hydrogen (secondary N) is 1. The van der Waals surface area contributed by atoms with Crippen molar-refractivity contribution < 1.29 is 4.39 Å². The van der Waals surface area contributed by atoms with Crippen molar-refractivity contribution >= 4 is 21.6 Å². The number of H-pyrrole nitrogens is 1. The number of hydrogen-bond donors (Lipinski definition) is 1. The second-order valence-corrected chi connectivity index (χ2v) is 5.03. The highest BCUT2D eigenvalue weighted by Gasteiger charge is 2.13. The Kier molecular flexibility index (Phi) is 2.45. The maximum atomic E-state index is 13.2. The van der Waals surface area contributed by atoms with E-state index >= 15 is 0 Å². The van der Waals surface area contributed by atoms with Crippen LogP contribution < -0.4 is 5.56 Å². The van der Waals surface area contributed by atoms with Crippen molar-refractivity contribution in [3.8, 4) is 11.3 Å². The van der Waals surface area contributed by atoms with E-state index < -0.39 is 0 Å². The number of aromatic nitrogens is 3. The fraction of sp³-hybridized carbons (Fsp3) is 0.0833. The predicted octanol–water partition coefficient (Wildman–Crippen LogP) is 2.49. The summed E-state index contributed by atoms with van der Waals surface area (Å²) in [6, 6.07) is 6.11. The molecule has 0 aliphatic rings. The third-order valence-electron chi connectivity index (χ3n) is 2.53. The molecular weight excluding hydrogens is 253 g/mol. The van der Waals surface area contributed by atoms with Crippen LogP contribution in [0.5, 0.6) is 0 Å². The summed E-state index contributed by atoms with van der Waals surface area (Å²) in [7, 11) is 0. The molecule has 18 heavy (non-hydrogen) atoms. The van der Waals surface area contributed by atoms with E-state index in [2.05, 4.69) is 15.2 Å². The minimum absolute atomic E-state index is 0.325. The monoisotopic (exact) mass is 261 g/mol. The van der Waals surface area contributed by atoms with Crippen LogP contribution >= 0.6 is 11.3 Å². The van der Waals surface area contributed by atoms with Crippen LogP contribution in [0.1, 0.15) is 5.01 Å². The van der Waals surface area contributed by atoms with Gasteiger partial charge in [0.2, 0.25) is 0 Å². The maximum absolute atomic E-state index is 13.2. The summed E-state index contributed by atoms with van der Waals surface area (Å²) in [6.07, 6.45) is 0. The zero-order valence-corrected chi connectivity index (χ0v) is 10.2. The van der Waals surface area contributed by atoms with Crippen LogP contribution in [0, 0.1) is 12.7 Å². The van der Waals surface area contributed by atoms with Crippen LogP contribution in [0.3, 0.4) is 0 Å². The Hall–Kier alpha value is -2.08. The Morgan fingerprint density at radius 1 is 1.39 bits per heavy atom. The smallest absolute Gasteiger partial charge is 0.265 e. The molecule has 0 radical (unpaired) electrons. The van der Waals surface area contributed by atoms with E-state index in [1.165, 1.54) is 23.5 Å². The topological polar surface area (TPSA) is 58.6 Å². The molecule has 0 spiro atoms. The molecule has 1 aromatic carbocycles. The largest absolute Gasteiger partial charge is 0.291 e. The van der Waals surface area contributed by atoms with Gasteiger partial charge in [-0.3, -0.25) is 4.79 Å². The van der Waals surface area contributed by atoms with Crippen molar-refractivity contribution in [1.29, 1.82) is 0 Å². The number of benzene rings is 1. The van der Waals surface area contributed by atoms with Gasteiger partial charge in [-0.2, -0.15) is 5.10 Å². The molecule has 1 N–H and O–H groups in total.